The molecular weight excluding hydrogens is 424 g/mol. The van der Waals surface area contributed by atoms with E-state index in [1.807, 2.05) is 12.3 Å². The zero-order valence-corrected chi connectivity index (χ0v) is 21.0. The van der Waals surface area contributed by atoms with E-state index in [2.05, 4.69) is 71.3 Å². The molecular formula is C28H40N4O2. The SMILES string of the molecule is C[C@@H]1C[C@H](N(C)CCCC(=O)NCC2CCCN2c2ccc(-c3cccnc3)cc2)C[C@H](C)O1. The molecule has 4 atom stereocenters. The molecule has 2 aliphatic heterocycles. The predicted molar refractivity (Wildman–Crippen MR) is 138 cm³/mol. The summed E-state index contributed by atoms with van der Waals surface area (Å²) < 4.78 is 5.86. The number of anilines is 1. The molecule has 1 aromatic heterocycles. The Morgan fingerprint density at radius 3 is 2.62 bits per heavy atom. The Kier molecular flexibility index (Phi) is 8.57. The Bertz CT molecular complexity index is 894. The van der Waals surface area contributed by atoms with Crippen molar-refractivity contribution < 1.29 is 9.53 Å². The summed E-state index contributed by atoms with van der Waals surface area (Å²) in [6, 6.07) is 13.7. The Labute approximate surface area is 204 Å². The highest BCUT2D eigenvalue weighted by atomic mass is 16.5. The summed E-state index contributed by atoms with van der Waals surface area (Å²) in [6.45, 7) is 7.03. The Morgan fingerprint density at radius 1 is 1.15 bits per heavy atom. The van der Waals surface area contributed by atoms with Crippen molar-refractivity contribution in [1.82, 2.24) is 15.2 Å². The van der Waals surface area contributed by atoms with Crippen LogP contribution in [-0.2, 0) is 9.53 Å². The van der Waals surface area contributed by atoms with Gasteiger partial charge < -0.3 is 19.9 Å². The molecule has 0 bridgehead atoms. The van der Waals surface area contributed by atoms with Crippen molar-refractivity contribution in [3.63, 3.8) is 0 Å². The fourth-order valence-electron chi connectivity index (χ4n) is 5.49. The van der Waals surface area contributed by atoms with E-state index in [9.17, 15) is 4.79 Å². The second-order valence-electron chi connectivity index (χ2n) is 10.0. The third-order valence-corrected chi connectivity index (χ3v) is 7.32. The van der Waals surface area contributed by atoms with Crippen LogP contribution < -0.4 is 10.2 Å². The van der Waals surface area contributed by atoms with Crippen LogP contribution in [0.5, 0.6) is 0 Å². The van der Waals surface area contributed by atoms with Gasteiger partial charge in [0.05, 0.1) is 12.2 Å². The van der Waals surface area contributed by atoms with E-state index in [-0.39, 0.29) is 5.91 Å². The third kappa shape index (κ3) is 6.57. The summed E-state index contributed by atoms with van der Waals surface area (Å²) in [5.74, 6) is 0.167. The number of rotatable bonds is 9. The van der Waals surface area contributed by atoms with Crippen molar-refractivity contribution in [1.29, 1.82) is 0 Å². The molecule has 34 heavy (non-hydrogen) atoms. The predicted octanol–water partition coefficient (Wildman–Crippen LogP) is 4.50. The lowest BCUT2D eigenvalue weighted by Gasteiger charge is -2.37. The molecule has 2 aromatic rings. The van der Waals surface area contributed by atoms with Crippen LogP contribution in [0, 0.1) is 0 Å². The molecule has 3 heterocycles. The van der Waals surface area contributed by atoms with Crippen molar-refractivity contribution in [3.8, 4) is 11.1 Å². The number of benzene rings is 1. The van der Waals surface area contributed by atoms with Gasteiger partial charge in [0.15, 0.2) is 0 Å². The smallest absolute Gasteiger partial charge is 0.220 e. The van der Waals surface area contributed by atoms with Gasteiger partial charge in [-0.05, 0) is 88.9 Å². The van der Waals surface area contributed by atoms with Crippen LogP contribution in [0.2, 0.25) is 0 Å². The van der Waals surface area contributed by atoms with Crippen molar-refractivity contribution in [2.45, 2.75) is 76.7 Å². The van der Waals surface area contributed by atoms with E-state index in [4.69, 9.17) is 4.74 Å². The second-order valence-corrected chi connectivity index (χ2v) is 10.0. The van der Waals surface area contributed by atoms with Gasteiger partial charge in [-0.2, -0.15) is 0 Å². The minimum Gasteiger partial charge on any atom is -0.375 e. The van der Waals surface area contributed by atoms with Crippen molar-refractivity contribution in [2.75, 3.05) is 31.6 Å². The van der Waals surface area contributed by atoms with Gasteiger partial charge in [0.25, 0.3) is 0 Å². The lowest BCUT2D eigenvalue weighted by Crippen LogP contribution is -2.43. The van der Waals surface area contributed by atoms with E-state index in [1.165, 1.54) is 11.3 Å². The van der Waals surface area contributed by atoms with Crippen LogP contribution in [0.3, 0.4) is 0 Å². The first kappa shape index (κ1) is 24.7. The molecule has 184 valence electrons. The van der Waals surface area contributed by atoms with Crippen LogP contribution in [0.1, 0.15) is 52.4 Å². The van der Waals surface area contributed by atoms with Gasteiger partial charge in [0.1, 0.15) is 0 Å². The molecule has 2 fully saturated rings. The molecule has 2 aliphatic rings. The summed E-state index contributed by atoms with van der Waals surface area (Å²) in [4.78, 5) is 21.6. The van der Waals surface area contributed by atoms with Crippen molar-refractivity contribution >= 4 is 11.6 Å². The van der Waals surface area contributed by atoms with Gasteiger partial charge in [-0.3, -0.25) is 9.78 Å². The number of ether oxygens (including phenoxy) is 1. The van der Waals surface area contributed by atoms with Crippen LogP contribution in [0.25, 0.3) is 11.1 Å². The first-order chi connectivity index (χ1) is 16.5. The number of carbonyl (C=O) groups excluding carboxylic acids is 1. The largest absolute Gasteiger partial charge is 0.375 e. The summed E-state index contributed by atoms with van der Waals surface area (Å²) >= 11 is 0. The number of amides is 1. The maximum atomic E-state index is 12.5. The average Bonchev–Trinajstić information content (AvgIpc) is 3.31. The number of hydrogen-bond donors (Lipinski definition) is 1. The van der Waals surface area contributed by atoms with E-state index < -0.39 is 0 Å². The number of nitrogens with zero attached hydrogens (tertiary/aromatic N) is 3. The highest BCUT2D eigenvalue weighted by Gasteiger charge is 2.27. The number of pyridine rings is 1. The van der Waals surface area contributed by atoms with Crippen LogP contribution in [0.4, 0.5) is 5.69 Å². The number of carbonyl (C=O) groups is 1. The molecule has 0 saturated carbocycles. The van der Waals surface area contributed by atoms with Gasteiger partial charge in [0, 0.05) is 49.7 Å². The fourth-order valence-corrected chi connectivity index (χ4v) is 5.49. The minimum absolute atomic E-state index is 0.167. The summed E-state index contributed by atoms with van der Waals surface area (Å²) in [6.07, 6.45) is 10.3. The van der Waals surface area contributed by atoms with Crippen molar-refractivity contribution in [3.05, 3.63) is 48.8 Å². The molecule has 2 saturated heterocycles. The Hall–Kier alpha value is -2.44. The third-order valence-electron chi connectivity index (χ3n) is 7.32. The zero-order chi connectivity index (χ0) is 23.9. The van der Waals surface area contributed by atoms with Crippen molar-refractivity contribution in [2.24, 2.45) is 0 Å². The average molecular weight is 465 g/mol. The first-order valence-corrected chi connectivity index (χ1v) is 12.9. The summed E-state index contributed by atoms with van der Waals surface area (Å²) in [7, 11) is 2.18. The molecule has 1 N–H and O–H groups in total. The first-order valence-electron chi connectivity index (χ1n) is 12.9. The molecule has 0 aliphatic carbocycles. The zero-order valence-electron chi connectivity index (χ0n) is 21.0. The van der Waals surface area contributed by atoms with Gasteiger partial charge in [-0.15, -0.1) is 0 Å². The molecule has 0 spiro atoms. The number of hydrogen-bond acceptors (Lipinski definition) is 5. The maximum absolute atomic E-state index is 12.5. The minimum atomic E-state index is 0.167. The Balaban J connectivity index is 1.20. The number of nitrogens with one attached hydrogen (secondary N) is 1. The number of aromatic nitrogens is 1. The van der Waals surface area contributed by atoms with Gasteiger partial charge in [-0.1, -0.05) is 18.2 Å². The molecule has 1 amide bonds. The van der Waals surface area contributed by atoms with Gasteiger partial charge >= 0.3 is 0 Å². The van der Waals surface area contributed by atoms with Gasteiger partial charge in [-0.25, -0.2) is 0 Å². The molecule has 0 radical (unpaired) electrons. The lowest BCUT2D eigenvalue weighted by atomic mass is 9.98. The highest BCUT2D eigenvalue weighted by Crippen LogP contribution is 2.28. The molecule has 6 nitrogen and oxygen atoms in total. The van der Waals surface area contributed by atoms with E-state index >= 15 is 0 Å². The molecule has 1 unspecified atom stereocenters. The topological polar surface area (TPSA) is 57.7 Å². The van der Waals surface area contributed by atoms with Crippen LogP contribution in [0.15, 0.2) is 48.8 Å². The molecule has 6 heteroatoms. The van der Waals surface area contributed by atoms with Gasteiger partial charge in [0.2, 0.25) is 5.91 Å². The summed E-state index contributed by atoms with van der Waals surface area (Å²) in [5.41, 5.74) is 3.53. The molecule has 1 aromatic carbocycles. The normalized spacial score (nSPS) is 25.0. The molecule has 4 rings (SSSR count). The highest BCUT2D eigenvalue weighted by molar-refractivity contribution is 5.76. The second kappa shape index (κ2) is 11.8. The monoisotopic (exact) mass is 464 g/mol. The Morgan fingerprint density at radius 2 is 1.91 bits per heavy atom. The lowest BCUT2D eigenvalue weighted by molar-refractivity contribution is -0.121. The quantitative estimate of drug-likeness (QED) is 0.592. The summed E-state index contributed by atoms with van der Waals surface area (Å²) in [5, 5.41) is 3.20. The van der Waals surface area contributed by atoms with Crippen LogP contribution in [-0.4, -0.2) is 66.8 Å². The maximum Gasteiger partial charge on any atom is 0.220 e. The van der Waals surface area contributed by atoms with E-state index in [0.29, 0.717) is 37.3 Å². The van der Waals surface area contributed by atoms with Crippen LogP contribution >= 0.6 is 0 Å². The standard InChI is InChI=1S/C28H40N4O2/c1-21-17-27(18-22(2)34-21)31(3)15-6-9-28(33)30-20-26-8-5-16-32(26)25-12-10-23(11-13-25)24-7-4-14-29-19-24/h4,7,10-14,19,21-22,26-27H,5-6,8-9,15-18,20H2,1-3H3,(H,30,33)/t21-,22+,26?,27+. The van der Waals surface area contributed by atoms with E-state index in [0.717, 1.165) is 50.8 Å². The van der Waals surface area contributed by atoms with E-state index in [1.54, 1.807) is 6.20 Å². The fraction of sp³-hybridized carbons (Fsp3) is 0.571.